The van der Waals surface area contributed by atoms with E-state index in [0.717, 1.165) is 48.5 Å². The van der Waals surface area contributed by atoms with Crippen molar-refractivity contribution in [2.75, 3.05) is 26.9 Å². The van der Waals surface area contributed by atoms with Crippen molar-refractivity contribution in [1.29, 1.82) is 0 Å². The summed E-state index contributed by atoms with van der Waals surface area (Å²) in [6.45, 7) is 2.39. The molecule has 0 spiro atoms. The Hall–Kier alpha value is -1.85. The van der Waals surface area contributed by atoms with E-state index >= 15 is 0 Å². The molecule has 0 atom stereocenters. The molecule has 5 nitrogen and oxygen atoms in total. The number of fused-ring (bicyclic) bond motifs is 1. The van der Waals surface area contributed by atoms with Crippen LogP contribution in [0.25, 0.3) is 10.9 Å². The molecule has 0 amide bonds. The maximum atomic E-state index is 6.15. The van der Waals surface area contributed by atoms with Gasteiger partial charge >= 0.3 is 0 Å². The molecule has 0 unspecified atom stereocenters. The number of hydrogen-bond acceptors (Lipinski definition) is 5. The van der Waals surface area contributed by atoms with Gasteiger partial charge in [0.05, 0.1) is 18.2 Å². The van der Waals surface area contributed by atoms with Crippen molar-refractivity contribution in [2.24, 2.45) is 0 Å². The molecule has 4 rings (SSSR count). The molecule has 2 aliphatic rings. The van der Waals surface area contributed by atoms with Crippen LogP contribution in [0.5, 0.6) is 11.5 Å². The van der Waals surface area contributed by atoms with Crippen molar-refractivity contribution >= 4 is 10.9 Å². The maximum Gasteiger partial charge on any atom is 0.163 e. The molecule has 1 saturated heterocycles. The lowest BCUT2D eigenvalue weighted by Gasteiger charge is -2.28. The monoisotopic (exact) mass is 328 g/mol. The van der Waals surface area contributed by atoms with Crippen LogP contribution < -0.4 is 14.8 Å². The molecule has 0 bridgehead atoms. The fourth-order valence-corrected chi connectivity index (χ4v) is 3.32. The quantitative estimate of drug-likeness (QED) is 0.883. The first-order chi connectivity index (χ1) is 11.8. The summed E-state index contributed by atoms with van der Waals surface area (Å²) in [5.41, 5.74) is 1.04. The highest BCUT2D eigenvalue weighted by atomic mass is 16.5. The molecule has 1 saturated carbocycles. The minimum Gasteiger partial charge on any atom is -0.493 e. The van der Waals surface area contributed by atoms with E-state index in [1.54, 1.807) is 13.3 Å². The second-order valence-electron chi connectivity index (χ2n) is 6.80. The van der Waals surface area contributed by atoms with Crippen molar-refractivity contribution in [3.63, 3.8) is 0 Å². The third-order valence-electron chi connectivity index (χ3n) is 4.98. The topological polar surface area (TPSA) is 52.6 Å². The van der Waals surface area contributed by atoms with Gasteiger partial charge in [0, 0.05) is 36.9 Å². The van der Waals surface area contributed by atoms with Crippen LogP contribution in [0.3, 0.4) is 0 Å². The van der Waals surface area contributed by atoms with Crippen LogP contribution in [-0.2, 0) is 4.74 Å². The fourth-order valence-electron chi connectivity index (χ4n) is 3.32. The van der Waals surface area contributed by atoms with Crippen LogP contribution in [-0.4, -0.2) is 43.5 Å². The van der Waals surface area contributed by atoms with E-state index < -0.39 is 0 Å². The van der Waals surface area contributed by atoms with E-state index in [4.69, 9.17) is 14.2 Å². The smallest absolute Gasteiger partial charge is 0.163 e. The van der Waals surface area contributed by atoms with E-state index in [2.05, 4.69) is 10.3 Å². The summed E-state index contributed by atoms with van der Waals surface area (Å²) < 4.78 is 17.1. The summed E-state index contributed by atoms with van der Waals surface area (Å²) >= 11 is 0. The Labute approximate surface area is 142 Å². The number of ether oxygens (including phenoxy) is 3. The van der Waals surface area contributed by atoms with Crippen LogP contribution >= 0.6 is 0 Å². The van der Waals surface area contributed by atoms with Gasteiger partial charge in [0.1, 0.15) is 6.61 Å². The van der Waals surface area contributed by atoms with Gasteiger partial charge in [-0.25, -0.2) is 0 Å². The van der Waals surface area contributed by atoms with Crippen molar-refractivity contribution < 1.29 is 14.2 Å². The summed E-state index contributed by atoms with van der Waals surface area (Å²) in [7, 11) is 1.68. The highest BCUT2D eigenvalue weighted by molar-refractivity contribution is 5.82. The molecule has 1 N–H and O–H groups in total. The molecular weight excluding hydrogens is 304 g/mol. The molecule has 2 heterocycles. The molecule has 2 aromatic rings. The summed E-state index contributed by atoms with van der Waals surface area (Å²) in [6, 6.07) is 8.47. The second kappa shape index (κ2) is 6.57. The van der Waals surface area contributed by atoms with Gasteiger partial charge in [-0.05, 0) is 37.8 Å². The Bertz CT molecular complexity index is 709. The van der Waals surface area contributed by atoms with Gasteiger partial charge in [-0.2, -0.15) is 0 Å². The summed E-state index contributed by atoms with van der Waals surface area (Å²) in [5, 5.41) is 4.85. The van der Waals surface area contributed by atoms with Gasteiger partial charge in [-0.3, -0.25) is 4.98 Å². The van der Waals surface area contributed by atoms with Crippen LogP contribution in [0.2, 0.25) is 0 Å². The Morgan fingerprint density at radius 1 is 1.25 bits per heavy atom. The number of aromatic nitrogens is 1. The number of hydrogen-bond donors (Lipinski definition) is 1. The number of nitrogens with one attached hydrogen (secondary N) is 1. The zero-order valence-corrected chi connectivity index (χ0v) is 14.1. The molecule has 5 heteroatoms. The van der Waals surface area contributed by atoms with Gasteiger partial charge in [0.15, 0.2) is 11.5 Å². The molecule has 1 aromatic carbocycles. The van der Waals surface area contributed by atoms with Crippen LogP contribution in [0, 0.1) is 0 Å². The van der Waals surface area contributed by atoms with Crippen LogP contribution in [0.4, 0.5) is 0 Å². The Kier molecular flexibility index (Phi) is 4.29. The SMILES string of the molecule is COc1cc2cccnc2cc1OCC1(NC2CCOCC2)CC1. The Balaban J connectivity index is 1.46. The molecule has 24 heavy (non-hydrogen) atoms. The summed E-state index contributed by atoms with van der Waals surface area (Å²) in [6.07, 6.45) is 6.31. The number of pyridine rings is 1. The van der Waals surface area contributed by atoms with Crippen LogP contribution in [0.1, 0.15) is 25.7 Å². The average molecular weight is 328 g/mol. The Morgan fingerprint density at radius 3 is 2.83 bits per heavy atom. The zero-order chi connectivity index (χ0) is 16.4. The predicted octanol–water partition coefficient (Wildman–Crippen LogP) is 2.92. The number of nitrogens with zero attached hydrogens (tertiary/aromatic N) is 1. The average Bonchev–Trinajstić information content (AvgIpc) is 3.39. The lowest BCUT2D eigenvalue weighted by atomic mass is 10.1. The van der Waals surface area contributed by atoms with E-state index in [9.17, 15) is 0 Å². The molecule has 1 aliphatic carbocycles. The lowest BCUT2D eigenvalue weighted by Crippen LogP contribution is -2.46. The van der Waals surface area contributed by atoms with Gasteiger partial charge in [-0.1, -0.05) is 6.07 Å². The van der Waals surface area contributed by atoms with Gasteiger partial charge in [-0.15, -0.1) is 0 Å². The first-order valence-corrected chi connectivity index (χ1v) is 8.69. The number of rotatable bonds is 6. The van der Waals surface area contributed by atoms with Crippen molar-refractivity contribution in [3.8, 4) is 11.5 Å². The fraction of sp³-hybridized carbons (Fsp3) is 0.526. The predicted molar refractivity (Wildman–Crippen MR) is 92.7 cm³/mol. The first kappa shape index (κ1) is 15.7. The second-order valence-corrected chi connectivity index (χ2v) is 6.80. The molecular formula is C19H24N2O3. The molecule has 1 aliphatic heterocycles. The van der Waals surface area contributed by atoms with E-state index in [1.165, 1.54) is 12.8 Å². The van der Waals surface area contributed by atoms with Crippen LogP contribution in [0.15, 0.2) is 30.5 Å². The minimum atomic E-state index is 0.117. The van der Waals surface area contributed by atoms with E-state index in [0.29, 0.717) is 12.6 Å². The van der Waals surface area contributed by atoms with Gasteiger partial charge in [0.25, 0.3) is 0 Å². The standard InChI is InChI=1S/C19H24N2O3/c1-22-17-11-14-3-2-8-20-16(14)12-18(17)24-13-19(6-7-19)21-15-4-9-23-10-5-15/h2-3,8,11-12,15,21H,4-7,9-10,13H2,1H3. The van der Waals surface area contributed by atoms with Gasteiger partial charge in [0.2, 0.25) is 0 Å². The summed E-state index contributed by atoms with van der Waals surface area (Å²) in [5.74, 6) is 1.53. The normalized spacial score (nSPS) is 20.0. The summed E-state index contributed by atoms with van der Waals surface area (Å²) in [4.78, 5) is 4.41. The lowest BCUT2D eigenvalue weighted by molar-refractivity contribution is 0.0706. The van der Waals surface area contributed by atoms with E-state index in [1.807, 2.05) is 24.3 Å². The third-order valence-corrected chi connectivity index (χ3v) is 4.98. The molecule has 1 aromatic heterocycles. The number of methoxy groups -OCH3 is 1. The highest BCUT2D eigenvalue weighted by Crippen LogP contribution is 2.39. The Morgan fingerprint density at radius 2 is 2.08 bits per heavy atom. The molecule has 0 radical (unpaired) electrons. The van der Waals surface area contributed by atoms with Crippen molar-refractivity contribution in [1.82, 2.24) is 10.3 Å². The van der Waals surface area contributed by atoms with Gasteiger partial charge < -0.3 is 19.5 Å². The largest absolute Gasteiger partial charge is 0.493 e. The minimum absolute atomic E-state index is 0.117. The van der Waals surface area contributed by atoms with Crippen molar-refractivity contribution in [3.05, 3.63) is 30.5 Å². The first-order valence-electron chi connectivity index (χ1n) is 8.69. The van der Waals surface area contributed by atoms with E-state index in [-0.39, 0.29) is 5.54 Å². The number of benzene rings is 1. The third kappa shape index (κ3) is 3.32. The molecule has 2 fully saturated rings. The highest BCUT2D eigenvalue weighted by Gasteiger charge is 2.45. The maximum absolute atomic E-state index is 6.15. The van der Waals surface area contributed by atoms with Crippen molar-refractivity contribution in [2.45, 2.75) is 37.3 Å². The molecule has 128 valence electrons. The zero-order valence-electron chi connectivity index (χ0n) is 14.1.